The third-order valence-corrected chi connectivity index (χ3v) is 6.90. The lowest BCUT2D eigenvalue weighted by atomic mass is 9.57. The van der Waals surface area contributed by atoms with Crippen LogP contribution in [-0.4, -0.2) is 30.4 Å². The van der Waals surface area contributed by atoms with Gasteiger partial charge in [-0.05, 0) is 69.6 Å². The molecule has 0 saturated heterocycles. The van der Waals surface area contributed by atoms with Crippen LogP contribution in [0.2, 0.25) is 0 Å². The van der Waals surface area contributed by atoms with Gasteiger partial charge in [0.05, 0.1) is 18.6 Å². The lowest BCUT2D eigenvalue weighted by molar-refractivity contribution is -0.169. The number of carbonyl (C=O) groups is 1. The highest BCUT2D eigenvalue weighted by Crippen LogP contribution is 2.59. The van der Waals surface area contributed by atoms with Gasteiger partial charge in [0.15, 0.2) is 0 Å². The molecule has 28 heavy (non-hydrogen) atoms. The largest absolute Gasteiger partial charge is 0.497 e. The summed E-state index contributed by atoms with van der Waals surface area (Å²) in [4.78, 5) is 12.5. The molecule has 4 nitrogen and oxygen atoms in total. The molecular weight excluding hydrogens is 352 g/mol. The normalized spacial score (nSPS) is 35.1. The van der Waals surface area contributed by atoms with Crippen LogP contribution in [0, 0.1) is 22.7 Å². The van der Waals surface area contributed by atoms with E-state index in [2.05, 4.69) is 13.5 Å². The van der Waals surface area contributed by atoms with Crippen molar-refractivity contribution < 1.29 is 19.4 Å². The van der Waals surface area contributed by atoms with E-state index in [9.17, 15) is 9.90 Å². The second kappa shape index (κ2) is 7.55. The quantitative estimate of drug-likeness (QED) is 0.601. The minimum atomic E-state index is -0.523. The Balaban J connectivity index is 1.87. The fourth-order valence-electron chi connectivity index (χ4n) is 5.31. The molecule has 0 amide bonds. The summed E-state index contributed by atoms with van der Waals surface area (Å²) in [6, 6.07) is 7.97. The van der Waals surface area contributed by atoms with E-state index in [0.29, 0.717) is 12.3 Å². The molecular formula is C24H34O4. The molecule has 4 heteroatoms. The summed E-state index contributed by atoms with van der Waals surface area (Å²) in [5.41, 5.74) is 0.350. The minimum Gasteiger partial charge on any atom is -0.497 e. The van der Waals surface area contributed by atoms with Crippen molar-refractivity contribution in [1.82, 2.24) is 0 Å². The van der Waals surface area contributed by atoms with Crippen molar-refractivity contribution in [1.29, 1.82) is 0 Å². The average molecular weight is 387 g/mol. The molecule has 0 spiro atoms. The summed E-state index contributed by atoms with van der Waals surface area (Å²) in [5, 5.41) is 11.2. The second-order valence-electron chi connectivity index (χ2n) is 9.72. The van der Waals surface area contributed by atoms with Gasteiger partial charge in [-0.25, -0.2) is 0 Å². The molecule has 2 aliphatic carbocycles. The zero-order chi connectivity index (χ0) is 20.7. The van der Waals surface area contributed by atoms with Gasteiger partial charge in [0, 0.05) is 11.3 Å². The highest BCUT2D eigenvalue weighted by molar-refractivity contribution is 5.75. The van der Waals surface area contributed by atoms with Gasteiger partial charge in [0.25, 0.3) is 0 Å². The van der Waals surface area contributed by atoms with Crippen molar-refractivity contribution in [3.8, 4) is 5.75 Å². The third-order valence-electron chi connectivity index (χ3n) is 6.90. The smallest absolute Gasteiger partial charge is 0.311 e. The minimum absolute atomic E-state index is 0.00134. The van der Waals surface area contributed by atoms with Gasteiger partial charge >= 0.3 is 5.97 Å². The maximum absolute atomic E-state index is 12.5. The fraction of sp³-hybridized carbons (Fsp3) is 0.625. The molecule has 1 aromatic carbocycles. The monoisotopic (exact) mass is 386 g/mol. The summed E-state index contributed by atoms with van der Waals surface area (Å²) in [7, 11) is 1.65. The van der Waals surface area contributed by atoms with E-state index >= 15 is 0 Å². The predicted octanol–water partition coefficient (Wildman–Crippen LogP) is 4.72. The van der Waals surface area contributed by atoms with Crippen LogP contribution < -0.4 is 4.74 Å². The van der Waals surface area contributed by atoms with Gasteiger partial charge in [-0.1, -0.05) is 25.1 Å². The molecule has 2 fully saturated rings. The summed E-state index contributed by atoms with van der Waals surface area (Å²) in [6.45, 7) is 11.9. The number of hydrogen-bond acceptors (Lipinski definition) is 4. The van der Waals surface area contributed by atoms with Crippen LogP contribution in [-0.2, 0) is 9.53 Å². The maximum Gasteiger partial charge on any atom is 0.311 e. The van der Waals surface area contributed by atoms with Crippen LogP contribution in [0.25, 0.3) is 0 Å². The van der Waals surface area contributed by atoms with Crippen LogP contribution >= 0.6 is 0 Å². The number of ether oxygens (including phenoxy) is 2. The van der Waals surface area contributed by atoms with Crippen LogP contribution in [0.3, 0.4) is 0 Å². The number of fused-ring (bicyclic) bond motifs is 1. The number of hydrogen-bond donors (Lipinski definition) is 1. The number of methoxy groups -OCH3 is 1. The molecule has 0 aromatic heterocycles. The van der Waals surface area contributed by atoms with E-state index in [0.717, 1.165) is 24.2 Å². The summed E-state index contributed by atoms with van der Waals surface area (Å²) >= 11 is 0. The third kappa shape index (κ3) is 3.59. The highest BCUT2D eigenvalue weighted by Gasteiger charge is 2.57. The van der Waals surface area contributed by atoms with Crippen LogP contribution in [0.5, 0.6) is 5.75 Å². The molecule has 2 saturated carbocycles. The summed E-state index contributed by atoms with van der Waals surface area (Å²) < 4.78 is 11.2. The highest BCUT2D eigenvalue weighted by atomic mass is 16.5. The SMILES string of the molecule is C=C[C@@H]1[C@H](c2ccc(OC)cc2)[C@H](O)C[C@]2(C)[C@@H](OC(=O)C(C)(C)C)CC[C@@H]12. The zero-order valence-corrected chi connectivity index (χ0v) is 17.8. The molecule has 1 N–H and O–H groups in total. The van der Waals surface area contributed by atoms with Crippen molar-refractivity contribution >= 4 is 5.97 Å². The first kappa shape index (κ1) is 20.9. The summed E-state index contributed by atoms with van der Waals surface area (Å²) in [6.07, 6.45) is 3.78. The topological polar surface area (TPSA) is 55.8 Å². The lowest BCUT2D eigenvalue weighted by Crippen LogP contribution is -2.49. The standard InChI is InChI=1S/C24H34O4/c1-7-17-18-12-13-20(28-22(26)23(2,3)4)24(18,5)14-19(25)21(17)15-8-10-16(27-6)11-9-15/h7-11,17-21,25H,1,12-14H2,2-6H3/t17-,18-,19+,20-,21-,24-/m0/s1. The van der Waals surface area contributed by atoms with Crippen molar-refractivity contribution in [2.24, 2.45) is 22.7 Å². The Hall–Kier alpha value is -1.81. The van der Waals surface area contributed by atoms with Gasteiger partial charge in [-0.15, -0.1) is 6.58 Å². The van der Waals surface area contributed by atoms with Crippen molar-refractivity contribution in [2.45, 2.75) is 65.1 Å². The summed E-state index contributed by atoms with van der Waals surface area (Å²) in [5.74, 6) is 1.11. The molecule has 0 unspecified atom stereocenters. The number of rotatable bonds is 4. The van der Waals surface area contributed by atoms with E-state index in [1.807, 2.05) is 51.1 Å². The van der Waals surface area contributed by atoms with E-state index < -0.39 is 11.5 Å². The number of carbonyl (C=O) groups excluding carboxylic acids is 1. The van der Waals surface area contributed by atoms with Gasteiger partial charge in [-0.2, -0.15) is 0 Å². The lowest BCUT2D eigenvalue weighted by Gasteiger charge is -2.50. The predicted molar refractivity (Wildman–Crippen MR) is 110 cm³/mol. The molecule has 2 aliphatic rings. The van der Waals surface area contributed by atoms with Crippen LogP contribution in [0.15, 0.2) is 36.9 Å². The van der Waals surface area contributed by atoms with E-state index in [1.165, 1.54) is 0 Å². The Labute approximate surface area is 168 Å². The molecule has 0 aliphatic heterocycles. The number of aliphatic hydroxyl groups is 1. The molecule has 154 valence electrons. The van der Waals surface area contributed by atoms with E-state index in [4.69, 9.17) is 9.47 Å². The van der Waals surface area contributed by atoms with Gasteiger partial charge in [0.2, 0.25) is 0 Å². The fourth-order valence-corrected chi connectivity index (χ4v) is 5.31. The van der Waals surface area contributed by atoms with E-state index in [-0.39, 0.29) is 29.3 Å². The Morgan fingerprint density at radius 3 is 2.43 bits per heavy atom. The number of aliphatic hydroxyl groups excluding tert-OH is 1. The Bertz CT molecular complexity index is 717. The molecule has 0 heterocycles. The molecule has 0 bridgehead atoms. The zero-order valence-electron chi connectivity index (χ0n) is 17.8. The van der Waals surface area contributed by atoms with Crippen molar-refractivity contribution in [2.75, 3.05) is 7.11 Å². The van der Waals surface area contributed by atoms with Gasteiger partial charge in [0.1, 0.15) is 11.9 Å². The number of allylic oxidation sites excluding steroid dienone is 1. The van der Waals surface area contributed by atoms with Crippen molar-refractivity contribution in [3.05, 3.63) is 42.5 Å². The number of esters is 1. The van der Waals surface area contributed by atoms with Gasteiger partial charge < -0.3 is 14.6 Å². The van der Waals surface area contributed by atoms with Crippen LogP contribution in [0.1, 0.15) is 58.4 Å². The molecule has 3 rings (SSSR count). The maximum atomic E-state index is 12.5. The molecule has 6 atom stereocenters. The Morgan fingerprint density at radius 2 is 1.89 bits per heavy atom. The number of benzene rings is 1. The molecule has 1 aromatic rings. The second-order valence-corrected chi connectivity index (χ2v) is 9.72. The molecule has 0 radical (unpaired) electrons. The van der Waals surface area contributed by atoms with Crippen LogP contribution in [0.4, 0.5) is 0 Å². The van der Waals surface area contributed by atoms with Gasteiger partial charge in [-0.3, -0.25) is 4.79 Å². The first-order valence-electron chi connectivity index (χ1n) is 10.3. The average Bonchev–Trinajstić information content (AvgIpc) is 2.95. The first-order chi connectivity index (χ1) is 13.1. The Morgan fingerprint density at radius 1 is 1.25 bits per heavy atom. The van der Waals surface area contributed by atoms with E-state index in [1.54, 1.807) is 7.11 Å². The first-order valence-corrected chi connectivity index (χ1v) is 10.3. The Kier molecular flexibility index (Phi) is 5.64. The van der Waals surface area contributed by atoms with Crippen molar-refractivity contribution in [3.63, 3.8) is 0 Å².